The first kappa shape index (κ1) is 33.5. The molecule has 0 spiro atoms. The van der Waals surface area contributed by atoms with Gasteiger partial charge in [-0.2, -0.15) is 0 Å². The Morgan fingerprint density at radius 1 is 1.00 bits per heavy atom. The molecule has 1 saturated heterocycles. The fraction of sp³-hybridized carbons (Fsp3) is 0.424. The molecule has 11 nitrogen and oxygen atoms in total. The summed E-state index contributed by atoms with van der Waals surface area (Å²) in [5.41, 5.74) is 3.05. The number of aromatic amines is 1. The van der Waals surface area contributed by atoms with Crippen molar-refractivity contribution in [2.45, 2.75) is 65.1 Å². The summed E-state index contributed by atoms with van der Waals surface area (Å²) >= 11 is 6.61. The van der Waals surface area contributed by atoms with Gasteiger partial charge in [0.15, 0.2) is 5.78 Å². The molecule has 2 atom stereocenters. The van der Waals surface area contributed by atoms with Crippen LogP contribution in [0.15, 0.2) is 48.5 Å². The number of alkyl carbamates (subject to hydrolysis) is 2. The van der Waals surface area contributed by atoms with Gasteiger partial charge in [0.05, 0.1) is 19.7 Å². The molecule has 2 aromatic carbocycles. The second-order valence-electron chi connectivity index (χ2n) is 12.3. The summed E-state index contributed by atoms with van der Waals surface area (Å²) in [6.45, 7) is 9.39. The highest BCUT2D eigenvalue weighted by molar-refractivity contribution is 6.31. The van der Waals surface area contributed by atoms with E-state index in [1.54, 1.807) is 37.8 Å². The van der Waals surface area contributed by atoms with Gasteiger partial charge in [-0.05, 0) is 50.7 Å². The normalized spacial score (nSPS) is 15.5. The number of Topliss-reactive ketones (excluding diaryl/α,β-unsaturated/α-hetero) is 1. The Morgan fingerprint density at radius 2 is 1.60 bits per heavy atom. The molecule has 1 fully saturated rings. The van der Waals surface area contributed by atoms with E-state index in [1.807, 2.05) is 50.2 Å². The number of halogens is 1. The minimum absolute atomic E-state index is 0.134. The van der Waals surface area contributed by atoms with Crippen LogP contribution in [-0.4, -0.2) is 70.6 Å². The topological polar surface area (TPSA) is 143 Å². The van der Waals surface area contributed by atoms with Crippen LogP contribution in [0.3, 0.4) is 0 Å². The molecule has 0 aliphatic carbocycles. The third-order valence-electron chi connectivity index (χ3n) is 7.41. The summed E-state index contributed by atoms with van der Waals surface area (Å²) in [7, 11) is 1.27. The van der Waals surface area contributed by atoms with Crippen LogP contribution in [0.4, 0.5) is 9.59 Å². The first-order valence-electron chi connectivity index (χ1n) is 14.9. The third-order valence-corrected chi connectivity index (χ3v) is 7.69. The Morgan fingerprint density at radius 3 is 2.18 bits per heavy atom. The monoisotopic (exact) mass is 637 g/mol. The number of imidazole rings is 1. The van der Waals surface area contributed by atoms with Crippen LogP contribution >= 0.6 is 11.6 Å². The Balaban J connectivity index is 1.43. The Hall–Kier alpha value is -4.38. The van der Waals surface area contributed by atoms with Crippen LogP contribution in [0.5, 0.6) is 0 Å². The van der Waals surface area contributed by atoms with Crippen LogP contribution in [0.2, 0.25) is 5.15 Å². The van der Waals surface area contributed by atoms with Crippen molar-refractivity contribution in [1.29, 1.82) is 0 Å². The molecule has 3 N–H and O–H groups in total. The molecule has 240 valence electrons. The van der Waals surface area contributed by atoms with Gasteiger partial charge >= 0.3 is 12.2 Å². The third kappa shape index (κ3) is 8.42. The second kappa shape index (κ2) is 14.2. The van der Waals surface area contributed by atoms with Crippen molar-refractivity contribution in [3.63, 3.8) is 0 Å². The molecule has 2 heterocycles. The summed E-state index contributed by atoms with van der Waals surface area (Å²) in [6.07, 6.45) is 0.221. The number of hydrogen-bond donors (Lipinski definition) is 3. The number of ether oxygens (including phenoxy) is 2. The number of nitrogens with zero attached hydrogens (tertiary/aromatic N) is 2. The van der Waals surface area contributed by atoms with Crippen molar-refractivity contribution in [1.82, 2.24) is 25.5 Å². The van der Waals surface area contributed by atoms with Crippen molar-refractivity contribution in [2.75, 3.05) is 20.2 Å². The molecule has 3 amide bonds. The number of ketones is 1. The maximum atomic E-state index is 13.5. The van der Waals surface area contributed by atoms with E-state index in [4.69, 9.17) is 26.1 Å². The quantitative estimate of drug-likeness (QED) is 0.239. The lowest BCUT2D eigenvalue weighted by Crippen LogP contribution is -2.51. The average molecular weight is 638 g/mol. The number of rotatable bonds is 9. The molecule has 1 aliphatic heterocycles. The van der Waals surface area contributed by atoms with Crippen molar-refractivity contribution in [3.8, 4) is 22.4 Å². The lowest BCUT2D eigenvalue weighted by Gasteiger charge is -2.29. The van der Waals surface area contributed by atoms with Gasteiger partial charge in [-0.15, -0.1) is 0 Å². The molecular formula is C33H40ClN5O6. The molecule has 4 rings (SSSR count). The minimum atomic E-state index is -0.725. The number of H-pyrrole nitrogens is 1. The van der Waals surface area contributed by atoms with Crippen LogP contribution in [0.25, 0.3) is 22.4 Å². The standard InChI is InChI=1S/C33H40ClN5O6/c1-19(2)26(37-32(43)44-6)30(41)39-17-7-8-24(39)29-36-27(28(34)38-29)23-15-11-21(12-16-23)20-9-13-22(14-10-20)25(40)18-35-31(42)45-33(3,4)5/h9-16,19,24,26H,7-8,17-18H2,1-6H3,(H,35,42)(H,36,38)(H,37,43)/t24-,26-/m0/s1. The molecule has 0 bridgehead atoms. The number of benzene rings is 2. The molecule has 1 aromatic heterocycles. The highest BCUT2D eigenvalue weighted by atomic mass is 35.5. The van der Waals surface area contributed by atoms with E-state index in [-0.39, 0.29) is 30.2 Å². The smallest absolute Gasteiger partial charge is 0.408 e. The SMILES string of the molecule is COC(=O)N[C@H](C(=O)N1CCC[C@H]1c1nc(-c2ccc(-c3ccc(C(=O)CNC(=O)OC(C)(C)C)cc3)cc2)c(Cl)[nH]1)C(C)C. The summed E-state index contributed by atoms with van der Waals surface area (Å²) in [4.78, 5) is 59.4. The highest BCUT2D eigenvalue weighted by Gasteiger charge is 2.38. The average Bonchev–Trinajstić information content (AvgIpc) is 3.64. The molecule has 12 heteroatoms. The Bertz CT molecular complexity index is 1530. The first-order valence-corrected chi connectivity index (χ1v) is 15.3. The summed E-state index contributed by atoms with van der Waals surface area (Å²) in [5, 5.41) is 5.51. The van der Waals surface area contributed by atoms with Gasteiger partial charge in [0.1, 0.15) is 28.3 Å². The van der Waals surface area contributed by atoms with Gasteiger partial charge < -0.3 is 30.0 Å². The van der Waals surface area contributed by atoms with Crippen molar-refractivity contribution in [2.24, 2.45) is 5.92 Å². The number of aromatic nitrogens is 2. The fourth-order valence-electron chi connectivity index (χ4n) is 5.15. The largest absolute Gasteiger partial charge is 0.453 e. The summed E-state index contributed by atoms with van der Waals surface area (Å²) in [6, 6.07) is 13.8. The van der Waals surface area contributed by atoms with E-state index in [9.17, 15) is 19.2 Å². The maximum Gasteiger partial charge on any atom is 0.408 e. The van der Waals surface area contributed by atoms with Crippen LogP contribution in [0.1, 0.15) is 69.7 Å². The van der Waals surface area contributed by atoms with Gasteiger partial charge in [0, 0.05) is 17.7 Å². The van der Waals surface area contributed by atoms with Gasteiger partial charge in [-0.25, -0.2) is 14.6 Å². The lowest BCUT2D eigenvalue weighted by molar-refractivity contribution is -0.135. The van der Waals surface area contributed by atoms with Crippen molar-refractivity contribution >= 4 is 35.5 Å². The van der Waals surface area contributed by atoms with Gasteiger partial charge in [0.2, 0.25) is 5.91 Å². The number of nitrogens with one attached hydrogen (secondary N) is 3. The maximum absolute atomic E-state index is 13.5. The zero-order valence-electron chi connectivity index (χ0n) is 26.4. The predicted octanol–water partition coefficient (Wildman–Crippen LogP) is 6.15. The van der Waals surface area contributed by atoms with Gasteiger partial charge in [-0.3, -0.25) is 9.59 Å². The summed E-state index contributed by atoms with van der Waals surface area (Å²) < 4.78 is 9.89. The zero-order chi connectivity index (χ0) is 32.9. The first-order chi connectivity index (χ1) is 21.3. The van der Waals surface area contributed by atoms with E-state index in [0.29, 0.717) is 35.2 Å². The number of carbonyl (C=O) groups is 4. The van der Waals surface area contributed by atoms with Crippen LogP contribution < -0.4 is 10.6 Å². The second-order valence-corrected chi connectivity index (χ2v) is 12.6. The van der Waals surface area contributed by atoms with Gasteiger partial charge in [0.25, 0.3) is 0 Å². The van der Waals surface area contributed by atoms with E-state index in [0.717, 1.165) is 23.1 Å². The molecular weight excluding hydrogens is 598 g/mol. The number of carbonyl (C=O) groups excluding carboxylic acids is 4. The highest BCUT2D eigenvalue weighted by Crippen LogP contribution is 2.36. The molecule has 1 aliphatic rings. The minimum Gasteiger partial charge on any atom is -0.453 e. The number of hydrogen-bond acceptors (Lipinski definition) is 7. The Labute approximate surface area is 268 Å². The fourth-order valence-corrected chi connectivity index (χ4v) is 5.40. The van der Waals surface area contributed by atoms with E-state index in [1.165, 1.54) is 7.11 Å². The summed E-state index contributed by atoms with van der Waals surface area (Å²) in [5.74, 6) is 0.0361. The van der Waals surface area contributed by atoms with Crippen LogP contribution in [0, 0.1) is 5.92 Å². The van der Waals surface area contributed by atoms with E-state index >= 15 is 0 Å². The van der Waals surface area contributed by atoms with Gasteiger partial charge in [-0.1, -0.05) is 74.0 Å². The van der Waals surface area contributed by atoms with Crippen molar-refractivity contribution < 1.29 is 28.7 Å². The van der Waals surface area contributed by atoms with Crippen molar-refractivity contribution in [3.05, 3.63) is 65.1 Å². The molecule has 0 saturated carbocycles. The molecule has 45 heavy (non-hydrogen) atoms. The zero-order valence-corrected chi connectivity index (χ0v) is 27.2. The predicted molar refractivity (Wildman–Crippen MR) is 171 cm³/mol. The van der Waals surface area contributed by atoms with E-state index < -0.39 is 23.8 Å². The number of likely N-dealkylation sites (tertiary alicyclic amines) is 1. The number of methoxy groups -OCH3 is 1. The molecule has 0 radical (unpaired) electrons. The van der Waals surface area contributed by atoms with Crippen LogP contribution in [-0.2, 0) is 14.3 Å². The lowest BCUT2D eigenvalue weighted by atomic mass is 10.0. The Kier molecular flexibility index (Phi) is 10.5. The number of amides is 3. The van der Waals surface area contributed by atoms with E-state index in [2.05, 4.69) is 15.6 Å². The molecule has 0 unspecified atom stereocenters. The molecule has 3 aromatic rings.